The molecule has 1 fully saturated rings. The molecule has 4 nitrogen and oxygen atoms in total. The molecule has 0 N–H and O–H groups in total. The summed E-state index contributed by atoms with van der Waals surface area (Å²) in [6.07, 6.45) is 2.76. The molecule has 0 bridgehead atoms. The Morgan fingerprint density at radius 2 is 2.31 bits per heavy atom. The molecule has 13 heavy (non-hydrogen) atoms. The van der Waals surface area contributed by atoms with Gasteiger partial charge in [0.15, 0.2) is 0 Å². The molecule has 72 valence electrons. The van der Waals surface area contributed by atoms with Gasteiger partial charge >= 0.3 is 0 Å². The van der Waals surface area contributed by atoms with Crippen molar-refractivity contribution < 1.29 is 8.42 Å². The fourth-order valence-corrected chi connectivity index (χ4v) is 2.42. The highest BCUT2D eigenvalue weighted by Crippen LogP contribution is 2.29. The molecule has 1 aliphatic heterocycles. The zero-order chi connectivity index (χ0) is 9.47. The molecule has 0 atom stereocenters. The first kappa shape index (κ1) is 9.36. The normalized spacial score (nSPS) is 18.5. The quantitative estimate of drug-likeness (QED) is 0.724. The van der Waals surface area contributed by atoms with Crippen molar-refractivity contribution in [3.63, 3.8) is 0 Å². The SMILES string of the molecule is O=S(=O)(Cl)c1cnn(C2CSC2)c1. The van der Waals surface area contributed by atoms with E-state index >= 15 is 0 Å². The summed E-state index contributed by atoms with van der Waals surface area (Å²) in [5.74, 6) is 1.98. The molecule has 1 aromatic heterocycles. The van der Waals surface area contributed by atoms with Gasteiger partial charge < -0.3 is 0 Å². The van der Waals surface area contributed by atoms with Crippen LogP contribution in [0.25, 0.3) is 0 Å². The largest absolute Gasteiger partial charge is 0.267 e. The van der Waals surface area contributed by atoms with E-state index in [2.05, 4.69) is 5.10 Å². The molecule has 0 unspecified atom stereocenters. The molecule has 0 amide bonds. The number of thioether (sulfide) groups is 1. The maximum absolute atomic E-state index is 10.9. The highest BCUT2D eigenvalue weighted by molar-refractivity contribution is 8.13. The van der Waals surface area contributed by atoms with E-state index in [4.69, 9.17) is 10.7 Å². The molecule has 0 aliphatic carbocycles. The van der Waals surface area contributed by atoms with Crippen LogP contribution in [-0.2, 0) is 9.05 Å². The first-order valence-corrected chi connectivity index (χ1v) is 7.10. The van der Waals surface area contributed by atoms with Crippen LogP contribution in [0.3, 0.4) is 0 Å². The fourth-order valence-electron chi connectivity index (χ4n) is 1.02. The van der Waals surface area contributed by atoms with Crippen molar-refractivity contribution >= 4 is 31.5 Å². The Labute approximate surface area is 84.7 Å². The Morgan fingerprint density at radius 3 is 2.69 bits per heavy atom. The first-order chi connectivity index (χ1) is 6.07. The van der Waals surface area contributed by atoms with Crippen LogP contribution in [0.1, 0.15) is 6.04 Å². The van der Waals surface area contributed by atoms with Crippen LogP contribution in [0.5, 0.6) is 0 Å². The van der Waals surface area contributed by atoms with E-state index in [1.807, 2.05) is 11.8 Å². The topological polar surface area (TPSA) is 52.0 Å². The zero-order valence-electron chi connectivity index (χ0n) is 6.55. The van der Waals surface area contributed by atoms with Crippen LogP contribution in [-0.4, -0.2) is 29.7 Å². The Kier molecular flexibility index (Phi) is 2.29. The minimum atomic E-state index is -3.62. The molecule has 0 radical (unpaired) electrons. The van der Waals surface area contributed by atoms with Gasteiger partial charge in [-0.05, 0) is 0 Å². The Bertz CT molecular complexity index is 410. The lowest BCUT2D eigenvalue weighted by Crippen LogP contribution is -2.22. The predicted octanol–water partition coefficient (Wildman–Crippen LogP) is 1.10. The van der Waals surface area contributed by atoms with Crippen LogP contribution in [0.4, 0.5) is 0 Å². The van der Waals surface area contributed by atoms with Gasteiger partial charge in [0.05, 0.1) is 12.2 Å². The molecule has 0 spiro atoms. The lowest BCUT2D eigenvalue weighted by Gasteiger charge is -2.24. The summed E-state index contributed by atoms with van der Waals surface area (Å²) >= 11 is 1.81. The fraction of sp³-hybridized carbons (Fsp3) is 0.500. The molecular weight excluding hydrogens is 232 g/mol. The van der Waals surface area contributed by atoms with E-state index in [0.29, 0.717) is 6.04 Å². The van der Waals surface area contributed by atoms with Crippen LogP contribution < -0.4 is 0 Å². The van der Waals surface area contributed by atoms with Gasteiger partial charge in [-0.3, -0.25) is 4.68 Å². The molecule has 2 rings (SSSR count). The van der Waals surface area contributed by atoms with E-state index in [1.54, 1.807) is 4.68 Å². The van der Waals surface area contributed by atoms with Gasteiger partial charge in [0, 0.05) is 28.4 Å². The average Bonchev–Trinajstić information content (AvgIpc) is 2.29. The average molecular weight is 239 g/mol. The number of nitrogens with zero attached hydrogens (tertiary/aromatic N) is 2. The van der Waals surface area contributed by atoms with E-state index in [-0.39, 0.29) is 4.90 Å². The van der Waals surface area contributed by atoms with Crippen LogP contribution in [0.15, 0.2) is 17.3 Å². The molecule has 1 aliphatic rings. The summed E-state index contributed by atoms with van der Waals surface area (Å²) in [5, 5.41) is 3.94. The number of halogens is 1. The van der Waals surface area contributed by atoms with Crippen molar-refractivity contribution in [3.8, 4) is 0 Å². The third kappa shape index (κ3) is 1.84. The maximum atomic E-state index is 10.9. The van der Waals surface area contributed by atoms with Crippen molar-refractivity contribution in [2.75, 3.05) is 11.5 Å². The second-order valence-electron chi connectivity index (χ2n) is 2.79. The molecule has 7 heteroatoms. The number of aromatic nitrogens is 2. The van der Waals surface area contributed by atoms with Gasteiger partial charge in [-0.15, -0.1) is 0 Å². The minimum absolute atomic E-state index is 0.0751. The smallest absolute Gasteiger partial charge is 0.264 e. The summed E-state index contributed by atoms with van der Waals surface area (Å²) in [5.41, 5.74) is 0. The molecule has 0 saturated carbocycles. The summed E-state index contributed by atoms with van der Waals surface area (Å²) < 4.78 is 23.4. The van der Waals surface area contributed by atoms with Crippen molar-refractivity contribution in [1.29, 1.82) is 0 Å². The van der Waals surface area contributed by atoms with Gasteiger partial charge in [-0.1, -0.05) is 0 Å². The monoisotopic (exact) mass is 238 g/mol. The Morgan fingerprint density at radius 1 is 1.62 bits per heavy atom. The van der Waals surface area contributed by atoms with E-state index in [9.17, 15) is 8.42 Å². The standard InChI is InChI=1S/C6H7ClN2O2S2/c7-13(10,11)6-1-8-9(2-6)5-3-12-4-5/h1-2,5H,3-4H2. The summed E-state index contributed by atoms with van der Waals surface area (Å²) in [6, 6.07) is 0.331. The van der Waals surface area contributed by atoms with E-state index in [1.165, 1.54) is 12.4 Å². The van der Waals surface area contributed by atoms with Crippen molar-refractivity contribution in [2.45, 2.75) is 10.9 Å². The van der Waals surface area contributed by atoms with Crippen LogP contribution in [0, 0.1) is 0 Å². The maximum Gasteiger partial charge on any atom is 0.264 e. The number of hydrogen-bond acceptors (Lipinski definition) is 4. The second-order valence-corrected chi connectivity index (χ2v) is 6.43. The van der Waals surface area contributed by atoms with E-state index < -0.39 is 9.05 Å². The lowest BCUT2D eigenvalue weighted by molar-refractivity contribution is 0.525. The van der Waals surface area contributed by atoms with Crippen molar-refractivity contribution in [1.82, 2.24) is 9.78 Å². The third-order valence-corrected chi connectivity index (χ3v) is 4.40. The highest BCUT2D eigenvalue weighted by Gasteiger charge is 2.22. The Hall–Kier alpha value is -0.200. The van der Waals surface area contributed by atoms with Crippen molar-refractivity contribution in [2.24, 2.45) is 0 Å². The van der Waals surface area contributed by atoms with Crippen molar-refractivity contribution in [3.05, 3.63) is 12.4 Å². The summed E-state index contributed by atoms with van der Waals surface area (Å²) in [7, 11) is 1.53. The van der Waals surface area contributed by atoms with Crippen LogP contribution >= 0.6 is 22.4 Å². The van der Waals surface area contributed by atoms with Gasteiger partial charge in [-0.25, -0.2) is 8.42 Å². The predicted molar refractivity (Wildman–Crippen MR) is 51.6 cm³/mol. The van der Waals surface area contributed by atoms with Gasteiger partial charge in [0.1, 0.15) is 4.90 Å². The molecule has 0 aromatic carbocycles. The molecule has 2 heterocycles. The molecule has 1 aromatic rings. The zero-order valence-corrected chi connectivity index (χ0v) is 8.94. The summed E-state index contributed by atoms with van der Waals surface area (Å²) in [4.78, 5) is 0.0751. The lowest BCUT2D eigenvalue weighted by atomic mass is 10.4. The summed E-state index contributed by atoms with van der Waals surface area (Å²) in [6.45, 7) is 0. The third-order valence-electron chi connectivity index (χ3n) is 1.85. The molecule has 1 saturated heterocycles. The van der Waals surface area contributed by atoms with E-state index in [0.717, 1.165) is 11.5 Å². The highest BCUT2D eigenvalue weighted by atomic mass is 35.7. The van der Waals surface area contributed by atoms with Gasteiger partial charge in [0.2, 0.25) is 0 Å². The van der Waals surface area contributed by atoms with Gasteiger partial charge in [0.25, 0.3) is 9.05 Å². The number of rotatable bonds is 2. The molecular formula is C6H7ClN2O2S2. The minimum Gasteiger partial charge on any atom is -0.267 e. The second kappa shape index (κ2) is 3.18. The number of hydrogen-bond donors (Lipinski definition) is 0. The van der Waals surface area contributed by atoms with Gasteiger partial charge in [-0.2, -0.15) is 16.9 Å². The first-order valence-electron chi connectivity index (χ1n) is 3.64. The van der Waals surface area contributed by atoms with Crippen LogP contribution in [0.2, 0.25) is 0 Å². The Balaban J connectivity index is 2.27.